The zero-order chi connectivity index (χ0) is 27.6. The van der Waals surface area contributed by atoms with E-state index in [2.05, 4.69) is 84.5 Å². The maximum absolute atomic E-state index is 6.12. The molecule has 5 rings (SSSR count). The van der Waals surface area contributed by atoms with Crippen molar-refractivity contribution in [1.82, 2.24) is 20.3 Å². The minimum absolute atomic E-state index is 0.141. The maximum atomic E-state index is 6.12. The molecule has 0 bridgehead atoms. The van der Waals surface area contributed by atoms with Gasteiger partial charge in [-0.05, 0) is 76.7 Å². The molecular formula is C30H41N7O2. The first-order chi connectivity index (χ1) is 18.8. The van der Waals surface area contributed by atoms with Crippen LogP contribution in [0.15, 0.2) is 42.6 Å². The van der Waals surface area contributed by atoms with Gasteiger partial charge >= 0.3 is 0 Å². The van der Waals surface area contributed by atoms with E-state index in [-0.39, 0.29) is 17.6 Å². The molecule has 2 aromatic heterocycles. The first kappa shape index (κ1) is 27.3. The van der Waals surface area contributed by atoms with Gasteiger partial charge in [-0.25, -0.2) is 9.97 Å². The molecule has 2 aliphatic rings. The number of nitrogens with zero attached hydrogens (tertiary/aromatic N) is 5. The Labute approximate surface area is 232 Å². The van der Waals surface area contributed by atoms with Crippen LogP contribution < -0.4 is 20.4 Å². The van der Waals surface area contributed by atoms with Gasteiger partial charge in [0.15, 0.2) is 0 Å². The molecule has 1 saturated heterocycles. The number of ether oxygens (including phenoxy) is 2. The summed E-state index contributed by atoms with van der Waals surface area (Å²) < 4.78 is 11.6. The molecular weight excluding hydrogens is 490 g/mol. The number of rotatable bonds is 9. The van der Waals surface area contributed by atoms with E-state index in [4.69, 9.17) is 24.4 Å². The highest BCUT2D eigenvalue weighted by Crippen LogP contribution is 2.44. The van der Waals surface area contributed by atoms with Gasteiger partial charge in [0.2, 0.25) is 5.95 Å². The molecule has 1 fully saturated rings. The first-order valence-electron chi connectivity index (χ1n) is 13.9. The predicted octanol–water partition coefficient (Wildman–Crippen LogP) is 4.88. The van der Waals surface area contributed by atoms with Crippen molar-refractivity contribution in [3.63, 3.8) is 0 Å². The molecule has 0 aliphatic carbocycles. The summed E-state index contributed by atoms with van der Waals surface area (Å²) in [5.41, 5.74) is 5.12. The molecule has 2 aliphatic heterocycles. The van der Waals surface area contributed by atoms with E-state index < -0.39 is 0 Å². The maximum Gasteiger partial charge on any atom is 0.229 e. The van der Waals surface area contributed by atoms with E-state index in [9.17, 15) is 0 Å². The Morgan fingerprint density at radius 2 is 1.82 bits per heavy atom. The summed E-state index contributed by atoms with van der Waals surface area (Å²) in [5.74, 6) is 2.32. The van der Waals surface area contributed by atoms with Crippen molar-refractivity contribution in [3.05, 3.63) is 59.4 Å². The van der Waals surface area contributed by atoms with Gasteiger partial charge in [0, 0.05) is 59.9 Å². The minimum atomic E-state index is -0.266. The van der Waals surface area contributed by atoms with E-state index in [1.54, 1.807) is 0 Å². The van der Waals surface area contributed by atoms with Crippen LogP contribution in [0, 0.1) is 6.92 Å². The topological polar surface area (TPSA) is 87.7 Å². The molecule has 9 heteroatoms. The van der Waals surface area contributed by atoms with Gasteiger partial charge in [-0.1, -0.05) is 6.92 Å². The molecule has 2 N–H and O–H groups in total. The molecule has 2 atom stereocenters. The quantitative estimate of drug-likeness (QED) is 0.401. The highest BCUT2D eigenvalue weighted by atomic mass is 16.5. The zero-order valence-corrected chi connectivity index (χ0v) is 24.0. The van der Waals surface area contributed by atoms with Crippen LogP contribution in [0.3, 0.4) is 0 Å². The summed E-state index contributed by atoms with van der Waals surface area (Å²) in [7, 11) is 1.98. The summed E-state index contributed by atoms with van der Waals surface area (Å²) in [6.07, 6.45) is 2.09. The molecule has 39 heavy (non-hydrogen) atoms. The molecule has 0 spiro atoms. The highest BCUT2D eigenvalue weighted by Gasteiger charge is 2.42. The van der Waals surface area contributed by atoms with Gasteiger partial charge < -0.3 is 29.9 Å². The third-order valence-electron chi connectivity index (χ3n) is 7.59. The number of aromatic nitrogens is 3. The average Bonchev–Trinajstić information content (AvgIpc) is 3.24. The third-order valence-corrected chi connectivity index (χ3v) is 7.59. The van der Waals surface area contributed by atoms with Crippen molar-refractivity contribution in [1.29, 1.82) is 0 Å². The lowest BCUT2D eigenvalue weighted by Gasteiger charge is -2.28. The fourth-order valence-corrected chi connectivity index (χ4v) is 5.18. The second-order valence-electron chi connectivity index (χ2n) is 11.1. The molecule has 0 radical (unpaired) electrons. The standard InChI is InChI=1S/C30H41N7O2/c1-20(2)39-19-30(5)18-37(27-16-23(22(4)31-6)15-21(3)33-27)28-26(30)17-32-29(35-28)34-24-7-9-25(10-8-24)36-11-13-38-14-12-36/h7-10,15-17,20,22,31H,11-14,18-19H2,1-6H3,(H,32,34,35). The van der Waals surface area contributed by atoms with E-state index >= 15 is 0 Å². The smallest absolute Gasteiger partial charge is 0.229 e. The van der Waals surface area contributed by atoms with Crippen molar-refractivity contribution in [2.45, 2.75) is 52.2 Å². The highest BCUT2D eigenvalue weighted by molar-refractivity contribution is 5.69. The lowest BCUT2D eigenvalue weighted by molar-refractivity contribution is 0.0468. The van der Waals surface area contributed by atoms with E-state index in [1.165, 1.54) is 11.3 Å². The Morgan fingerprint density at radius 3 is 2.51 bits per heavy atom. The molecule has 2 unspecified atom stereocenters. The van der Waals surface area contributed by atoms with Gasteiger partial charge in [-0.3, -0.25) is 0 Å². The van der Waals surface area contributed by atoms with Crippen LogP contribution >= 0.6 is 0 Å². The summed E-state index contributed by atoms with van der Waals surface area (Å²) in [6.45, 7) is 15.2. The summed E-state index contributed by atoms with van der Waals surface area (Å²) in [5, 5.41) is 6.75. The Kier molecular flexibility index (Phi) is 8.02. The molecule has 1 aromatic carbocycles. The van der Waals surface area contributed by atoms with Crippen LogP contribution in [0.4, 0.5) is 29.0 Å². The zero-order valence-electron chi connectivity index (χ0n) is 24.0. The second kappa shape index (κ2) is 11.5. The van der Waals surface area contributed by atoms with Crippen molar-refractivity contribution in [2.24, 2.45) is 0 Å². The van der Waals surface area contributed by atoms with Gasteiger partial charge in [-0.2, -0.15) is 4.98 Å². The predicted molar refractivity (Wildman–Crippen MR) is 157 cm³/mol. The van der Waals surface area contributed by atoms with Crippen LogP contribution in [-0.2, 0) is 14.9 Å². The van der Waals surface area contributed by atoms with E-state index in [0.29, 0.717) is 19.1 Å². The van der Waals surface area contributed by atoms with Crippen LogP contribution in [-0.4, -0.2) is 67.6 Å². The molecule has 208 valence electrons. The Morgan fingerprint density at radius 1 is 1.08 bits per heavy atom. The Hall–Kier alpha value is -3.27. The number of fused-ring (bicyclic) bond motifs is 1. The number of anilines is 5. The van der Waals surface area contributed by atoms with Gasteiger partial charge in [0.1, 0.15) is 11.6 Å². The molecule has 4 heterocycles. The van der Waals surface area contributed by atoms with Crippen molar-refractivity contribution < 1.29 is 9.47 Å². The number of hydrogen-bond donors (Lipinski definition) is 2. The normalized spacial score (nSPS) is 19.9. The fraction of sp³-hybridized carbons (Fsp3) is 0.500. The van der Waals surface area contributed by atoms with Crippen molar-refractivity contribution >= 4 is 29.0 Å². The Bertz CT molecular complexity index is 1280. The average molecular weight is 532 g/mol. The lowest BCUT2D eigenvalue weighted by atomic mass is 9.87. The van der Waals surface area contributed by atoms with E-state index in [0.717, 1.165) is 54.9 Å². The van der Waals surface area contributed by atoms with Crippen molar-refractivity contribution in [3.8, 4) is 0 Å². The van der Waals surface area contributed by atoms with Crippen LogP contribution in [0.5, 0.6) is 0 Å². The fourth-order valence-electron chi connectivity index (χ4n) is 5.18. The number of nitrogens with one attached hydrogen (secondary N) is 2. The number of pyridine rings is 1. The Balaban J connectivity index is 1.45. The number of aryl methyl sites for hydroxylation is 1. The summed E-state index contributed by atoms with van der Waals surface area (Å²) in [6, 6.07) is 12.9. The second-order valence-corrected chi connectivity index (χ2v) is 11.1. The number of hydrogen-bond acceptors (Lipinski definition) is 9. The number of benzene rings is 1. The SMILES string of the molecule is CNC(C)c1cc(C)nc(N2CC(C)(COC(C)C)c3cnc(Nc4ccc(N5CCOCC5)cc4)nc32)c1. The van der Waals surface area contributed by atoms with Crippen LogP contribution in [0.25, 0.3) is 0 Å². The molecule has 0 amide bonds. The minimum Gasteiger partial charge on any atom is -0.378 e. The van der Waals surface area contributed by atoms with Crippen LogP contribution in [0.2, 0.25) is 0 Å². The third kappa shape index (κ3) is 6.00. The molecule has 3 aromatic rings. The monoisotopic (exact) mass is 531 g/mol. The first-order valence-corrected chi connectivity index (χ1v) is 13.9. The number of morpholine rings is 1. The lowest BCUT2D eigenvalue weighted by Crippen LogP contribution is -2.36. The van der Waals surface area contributed by atoms with Crippen molar-refractivity contribution in [2.75, 3.05) is 61.6 Å². The van der Waals surface area contributed by atoms with Gasteiger partial charge in [0.05, 0.1) is 25.9 Å². The summed E-state index contributed by atoms with van der Waals surface area (Å²) >= 11 is 0. The van der Waals surface area contributed by atoms with Gasteiger partial charge in [0.25, 0.3) is 0 Å². The summed E-state index contributed by atoms with van der Waals surface area (Å²) in [4.78, 5) is 19.2. The molecule has 0 saturated carbocycles. The molecule has 9 nitrogen and oxygen atoms in total. The van der Waals surface area contributed by atoms with Crippen LogP contribution in [0.1, 0.15) is 50.6 Å². The van der Waals surface area contributed by atoms with Gasteiger partial charge in [-0.15, -0.1) is 0 Å². The van der Waals surface area contributed by atoms with E-state index in [1.807, 2.05) is 20.2 Å². The largest absolute Gasteiger partial charge is 0.378 e.